The molecule has 3 heteroatoms. The van der Waals surface area contributed by atoms with Crippen molar-refractivity contribution in [1.82, 2.24) is 0 Å². The van der Waals surface area contributed by atoms with Crippen molar-refractivity contribution in [2.45, 2.75) is 6.42 Å². The Kier molecular flexibility index (Phi) is 1.50. The zero-order chi connectivity index (χ0) is 11.4. The van der Waals surface area contributed by atoms with Crippen LogP contribution in [0.4, 0.5) is 0 Å². The number of hydrogen-bond donors (Lipinski definition) is 0. The highest BCUT2D eigenvalue weighted by atomic mass is 16.6. The molecule has 2 aromatic carbocycles. The Bertz CT molecular complexity index is 659. The maximum atomic E-state index is 11.9. The second kappa shape index (κ2) is 2.88. The lowest BCUT2D eigenvalue weighted by Gasteiger charge is -2.19. The molecule has 0 aromatic heterocycles. The largest absolute Gasteiger partial charge is 0.452 e. The number of benzene rings is 2. The number of hydrogen-bond acceptors (Lipinski definition) is 3. The molecule has 2 bridgehead atoms. The van der Waals surface area contributed by atoms with Gasteiger partial charge in [0, 0.05) is 17.5 Å². The van der Waals surface area contributed by atoms with Gasteiger partial charge in [-0.05, 0) is 12.1 Å². The van der Waals surface area contributed by atoms with Crippen LogP contribution in [-0.4, -0.2) is 5.97 Å². The fourth-order valence-electron chi connectivity index (χ4n) is 2.36. The van der Waals surface area contributed by atoms with Crippen molar-refractivity contribution in [3.63, 3.8) is 0 Å². The molecule has 0 spiro atoms. The molecule has 2 aliphatic rings. The van der Waals surface area contributed by atoms with Crippen molar-refractivity contribution in [2.24, 2.45) is 0 Å². The third-order valence-electron chi connectivity index (χ3n) is 3.16. The van der Waals surface area contributed by atoms with Gasteiger partial charge >= 0.3 is 5.97 Å². The molecule has 0 saturated carbocycles. The van der Waals surface area contributed by atoms with E-state index in [-0.39, 0.29) is 5.97 Å². The number of ether oxygens (including phenoxy) is 2. The molecule has 3 nitrogen and oxygen atoms in total. The standard InChI is InChI=1S/C14H8O3/c15-14-10-5-1-3-8-7-9-4-2-6-11(16-14)13(9)17-12(8)10/h1-6H,7H2. The van der Waals surface area contributed by atoms with E-state index in [1.165, 1.54) is 0 Å². The van der Waals surface area contributed by atoms with Gasteiger partial charge < -0.3 is 9.47 Å². The van der Waals surface area contributed by atoms with E-state index in [2.05, 4.69) is 0 Å². The summed E-state index contributed by atoms with van der Waals surface area (Å²) in [5.41, 5.74) is 2.59. The fourth-order valence-corrected chi connectivity index (χ4v) is 2.36. The van der Waals surface area contributed by atoms with Gasteiger partial charge in [-0.2, -0.15) is 0 Å². The van der Waals surface area contributed by atoms with Crippen LogP contribution in [0.3, 0.4) is 0 Å². The Balaban J connectivity index is 2.10. The number of carbonyl (C=O) groups is 1. The summed E-state index contributed by atoms with van der Waals surface area (Å²) in [4.78, 5) is 11.9. The van der Waals surface area contributed by atoms with Gasteiger partial charge in [-0.3, -0.25) is 0 Å². The van der Waals surface area contributed by atoms with E-state index in [4.69, 9.17) is 9.47 Å². The SMILES string of the molecule is O=C1Oc2cccc3c2Oc2c(cccc21)C3. The molecular weight excluding hydrogens is 216 g/mol. The molecule has 0 atom stereocenters. The molecule has 2 aliphatic heterocycles. The second-order valence-corrected chi connectivity index (χ2v) is 4.21. The van der Waals surface area contributed by atoms with Crippen LogP contribution in [0.1, 0.15) is 21.5 Å². The van der Waals surface area contributed by atoms with Gasteiger partial charge in [0.1, 0.15) is 11.3 Å². The third-order valence-corrected chi connectivity index (χ3v) is 3.16. The van der Waals surface area contributed by atoms with E-state index >= 15 is 0 Å². The molecule has 17 heavy (non-hydrogen) atoms. The summed E-state index contributed by atoms with van der Waals surface area (Å²) in [6.07, 6.45) is 0.781. The Labute approximate surface area is 97.6 Å². The summed E-state index contributed by atoms with van der Waals surface area (Å²) in [5, 5.41) is 0. The number of carbonyl (C=O) groups excluding carboxylic acids is 1. The summed E-state index contributed by atoms with van der Waals surface area (Å²) in [7, 11) is 0. The van der Waals surface area contributed by atoms with Crippen LogP contribution in [0.25, 0.3) is 0 Å². The van der Waals surface area contributed by atoms with E-state index in [0.29, 0.717) is 22.8 Å². The predicted molar refractivity (Wildman–Crippen MR) is 60.7 cm³/mol. The van der Waals surface area contributed by atoms with E-state index in [9.17, 15) is 4.79 Å². The number of para-hydroxylation sites is 2. The van der Waals surface area contributed by atoms with Crippen LogP contribution >= 0.6 is 0 Å². The van der Waals surface area contributed by atoms with Gasteiger partial charge in [0.15, 0.2) is 11.5 Å². The summed E-state index contributed by atoms with van der Waals surface area (Å²) in [6.45, 7) is 0. The minimum atomic E-state index is -0.348. The van der Waals surface area contributed by atoms with Gasteiger partial charge in [0.25, 0.3) is 0 Å². The Hall–Kier alpha value is -2.29. The van der Waals surface area contributed by atoms with Crippen LogP contribution in [0.5, 0.6) is 17.2 Å². The van der Waals surface area contributed by atoms with Crippen LogP contribution in [0.15, 0.2) is 36.4 Å². The van der Waals surface area contributed by atoms with Crippen LogP contribution < -0.4 is 9.47 Å². The predicted octanol–water partition coefficient (Wildman–Crippen LogP) is 2.92. The first kappa shape index (κ1) is 8.82. The highest BCUT2D eigenvalue weighted by Gasteiger charge is 2.30. The lowest BCUT2D eigenvalue weighted by atomic mass is 9.98. The first-order valence-electron chi connectivity index (χ1n) is 5.47. The smallest absolute Gasteiger partial charge is 0.347 e. The van der Waals surface area contributed by atoms with Crippen LogP contribution in [0.2, 0.25) is 0 Å². The highest BCUT2D eigenvalue weighted by molar-refractivity contribution is 5.96. The van der Waals surface area contributed by atoms with Gasteiger partial charge in [-0.15, -0.1) is 0 Å². The van der Waals surface area contributed by atoms with E-state index in [1.54, 1.807) is 12.1 Å². The lowest BCUT2D eigenvalue weighted by molar-refractivity contribution is 0.0737. The average Bonchev–Trinajstić information content (AvgIpc) is 2.49. The molecule has 0 fully saturated rings. The molecule has 2 aromatic rings. The van der Waals surface area contributed by atoms with Gasteiger partial charge in [-0.25, -0.2) is 4.79 Å². The zero-order valence-corrected chi connectivity index (χ0v) is 8.90. The fraction of sp³-hybridized carbons (Fsp3) is 0.0714. The van der Waals surface area contributed by atoms with Crippen molar-refractivity contribution in [3.05, 3.63) is 53.1 Å². The van der Waals surface area contributed by atoms with Crippen molar-refractivity contribution >= 4 is 5.97 Å². The topological polar surface area (TPSA) is 35.5 Å². The Morgan fingerprint density at radius 1 is 0.882 bits per heavy atom. The summed E-state index contributed by atoms with van der Waals surface area (Å²) < 4.78 is 11.2. The molecule has 2 heterocycles. The summed E-state index contributed by atoms with van der Waals surface area (Å²) in [5.74, 6) is 1.49. The van der Waals surface area contributed by atoms with Gasteiger partial charge in [0.2, 0.25) is 0 Å². The quantitative estimate of drug-likeness (QED) is 0.435. The molecule has 0 aliphatic carbocycles. The van der Waals surface area contributed by atoms with Crippen molar-refractivity contribution in [2.75, 3.05) is 0 Å². The van der Waals surface area contributed by atoms with Gasteiger partial charge in [-0.1, -0.05) is 24.3 Å². The Morgan fingerprint density at radius 2 is 1.65 bits per heavy atom. The minimum Gasteiger partial charge on any atom is -0.452 e. The third kappa shape index (κ3) is 1.08. The average molecular weight is 224 g/mol. The molecule has 0 saturated heterocycles. The monoisotopic (exact) mass is 224 g/mol. The first-order chi connectivity index (χ1) is 8.33. The molecule has 4 rings (SSSR count). The van der Waals surface area contributed by atoms with Crippen molar-refractivity contribution in [3.8, 4) is 17.2 Å². The van der Waals surface area contributed by atoms with Crippen LogP contribution in [-0.2, 0) is 6.42 Å². The van der Waals surface area contributed by atoms with Crippen molar-refractivity contribution < 1.29 is 14.3 Å². The summed E-state index contributed by atoms with van der Waals surface area (Å²) in [6, 6.07) is 11.2. The molecule has 82 valence electrons. The molecule has 0 amide bonds. The minimum absolute atomic E-state index is 0.348. The van der Waals surface area contributed by atoms with Gasteiger partial charge in [0.05, 0.1) is 0 Å². The maximum absolute atomic E-state index is 11.9. The second-order valence-electron chi connectivity index (χ2n) is 4.21. The zero-order valence-electron chi connectivity index (χ0n) is 8.90. The molecular formula is C14H8O3. The molecule has 0 N–H and O–H groups in total. The van der Waals surface area contributed by atoms with Crippen LogP contribution in [0, 0.1) is 0 Å². The first-order valence-corrected chi connectivity index (χ1v) is 5.47. The maximum Gasteiger partial charge on any atom is 0.347 e. The lowest BCUT2D eigenvalue weighted by Crippen LogP contribution is -2.07. The molecule has 0 unspecified atom stereocenters. The van der Waals surface area contributed by atoms with Crippen molar-refractivity contribution in [1.29, 1.82) is 0 Å². The number of esters is 1. The summed E-state index contributed by atoms with van der Waals surface area (Å²) >= 11 is 0. The number of rotatable bonds is 0. The molecule has 0 radical (unpaired) electrons. The van der Waals surface area contributed by atoms with E-state index in [1.807, 2.05) is 24.3 Å². The normalized spacial score (nSPS) is 14.7. The highest BCUT2D eigenvalue weighted by Crippen LogP contribution is 2.46. The van der Waals surface area contributed by atoms with E-state index in [0.717, 1.165) is 17.5 Å². The van der Waals surface area contributed by atoms with E-state index < -0.39 is 0 Å². The Morgan fingerprint density at radius 3 is 2.53 bits per heavy atom.